The van der Waals surface area contributed by atoms with E-state index in [0.29, 0.717) is 31.8 Å². The van der Waals surface area contributed by atoms with Gasteiger partial charge in [0.1, 0.15) is 12.8 Å². The van der Waals surface area contributed by atoms with Crippen LogP contribution in [-0.4, -0.2) is 50.0 Å². The third-order valence-electron chi connectivity index (χ3n) is 5.26. The van der Waals surface area contributed by atoms with Gasteiger partial charge < -0.3 is 19.5 Å². The van der Waals surface area contributed by atoms with Gasteiger partial charge in [0.2, 0.25) is 0 Å². The summed E-state index contributed by atoms with van der Waals surface area (Å²) in [5.41, 5.74) is 0.231. The van der Waals surface area contributed by atoms with Crippen LogP contribution >= 0.6 is 0 Å². The standard InChI is InChI=1S/C21H23FN2O7/c1-12-17(20(25)29-2)18(13-4-3-5-14(10-13)24(27)28)19(16(11-22)23-12)21(26)31-15-6-8-30-9-7-15/h3-5,10,15,18,23H,6-9,11H2,1-2H3. The molecule has 2 aliphatic heterocycles. The van der Waals surface area contributed by atoms with Gasteiger partial charge in [0.05, 0.1) is 48.0 Å². The molecule has 0 radical (unpaired) electrons. The molecule has 1 N–H and O–H groups in total. The molecular weight excluding hydrogens is 411 g/mol. The van der Waals surface area contributed by atoms with Crippen LogP contribution in [0.1, 0.15) is 31.2 Å². The number of benzene rings is 1. The summed E-state index contributed by atoms with van der Waals surface area (Å²) in [4.78, 5) is 36.5. The van der Waals surface area contributed by atoms with E-state index in [2.05, 4.69) is 5.32 Å². The summed E-state index contributed by atoms with van der Waals surface area (Å²) in [6, 6.07) is 5.52. The molecule has 1 atom stereocenters. The fraction of sp³-hybridized carbons (Fsp3) is 0.429. The van der Waals surface area contributed by atoms with Crippen molar-refractivity contribution >= 4 is 17.6 Å². The molecule has 10 heteroatoms. The number of carbonyl (C=O) groups is 2. The first-order valence-corrected chi connectivity index (χ1v) is 9.75. The molecule has 1 fully saturated rings. The highest BCUT2D eigenvalue weighted by atomic mass is 19.1. The highest BCUT2D eigenvalue weighted by molar-refractivity contribution is 6.00. The van der Waals surface area contributed by atoms with Crippen molar-refractivity contribution in [3.63, 3.8) is 0 Å². The summed E-state index contributed by atoms with van der Waals surface area (Å²) in [5.74, 6) is -2.63. The van der Waals surface area contributed by atoms with Gasteiger partial charge in [-0.3, -0.25) is 10.1 Å². The number of nitrogens with zero attached hydrogens (tertiary/aromatic N) is 1. The normalized spacial score (nSPS) is 19.6. The first kappa shape index (κ1) is 22.4. The summed E-state index contributed by atoms with van der Waals surface area (Å²) < 4.78 is 29.7. The largest absolute Gasteiger partial charge is 0.466 e. The van der Waals surface area contributed by atoms with Crippen LogP contribution in [0.2, 0.25) is 0 Å². The van der Waals surface area contributed by atoms with Crippen LogP contribution in [0.15, 0.2) is 46.8 Å². The zero-order valence-electron chi connectivity index (χ0n) is 17.2. The number of nitro benzene ring substituents is 1. The van der Waals surface area contributed by atoms with Crippen molar-refractivity contribution < 1.29 is 33.1 Å². The number of rotatable bonds is 6. The van der Waals surface area contributed by atoms with Gasteiger partial charge in [0, 0.05) is 30.7 Å². The Bertz CT molecular complexity index is 951. The number of dihydropyridines is 1. The molecule has 9 nitrogen and oxygen atoms in total. The smallest absolute Gasteiger partial charge is 0.337 e. The van der Waals surface area contributed by atoms with Crippen LogP contribution < -0.4 is 5.32 Å². The maximum Gasteiger partial charge on any atom is 0.337 e. The van der Waals surface area contributed by atoms with E-state index in [-0.39, 0.29) is 28.1 Å². The van der Waals surface area contributed by atoms with E-state index in [4.69, 9.17) is 14.2 Å². The number of allylic oxidation sites excluding steroid dienone is 2. The fourth-order valence-corrected chi connectivity index (χ4v) is 3.78. The zero-order chi connectivity index (χ0) is 22.5. The molecular formula is C21H23FN2O7. The maximum absolute atomic E-state index is 14.0. The van der Waals surface area contributed by atoms with Gasteiger partial charge in [-0.15, -0.1) is 0 Å². The number of halogens is 1. The minimum absolute atomic E-state index is 0.0547. The van der Waals surface area contributed by atoms with Crippen molar-refractivity contribution in [2.75, 3.05) is 27.0 Å². The van der Waals surface area contributed by atoms with E-state index in [0.717, 1.165) is 0 Å². The minimum atomic E-state index is -1.09. The monoisotopic (exact) mass is 434 g/mol. The van der Waals surface area contributed by atoms with Crippen molar-refractivity contribution in [3.8, 4) is 0 Å². The Morgan fingerprint density at radius 2 is 1.97 bits per heavy atom. The molecule has 0 saturated carbocycles. The van der Waals surface area contributed by atoms with E-state index in [1.54, 1.807) is 6.92 Å². The predicted octanol–water partition coefficient (Wildman–Crippen LogP) is 2.67. The van der Waals surface area contributed by atoms with Crippen molar-refractivity contribution in [2.24, 2.45) is 0 Å². The molecule has 0 aliphatic carbocycles. The van der Waals surface area contributed by atoms with E-state index >= 15 is 0 Å². The molecule has 0 aromatic heterocycles. The average molecular weight is 434 g/mol. The van der Waals surface area contributed by atoms with Gasteiger partial charge in [-0.05, 0) is 12.5 Å². The zero-order valence-corrected chi connectivity index (χ0v) is 17.2. The molecule has 3 rings (SSSR count). The topological polar surface area (TPSA) is 117 Å². The number of hydrogen-bond acceptors (Lipinski definition) is 8. The van der Waals surface area contributed by atoms with Gasteiger partial charge in [0.25, 0.3) is 5.69 Å². The summed E-state index contributed by atoms with van der Waals surface area (Å²) >= 11 is 0. The molecule has 1 unspecified atom stereocenters. The number of esters is 2. The number of hydrogen-bond donors (Lipinski definition) is 1. The van der Waals surface area contributed by atoms with Crippen LogP contribution in [0.4, 0.5) is 10.1 Å². The van der Waals surface area contributed by atoms with E-state index < -0.39 is 35.6 Å². The summed E-state index contributed by atoms with van der Waals surface area (Å²) in [6.45, 7) is 1.40. The highest BCUT2D eigenvalue weighted by Gasteiger charge is 2.40. The Labute approximate surface area is 178 Å². The van der Waals surface area contributed by atoms with Crippen LogP contribution in [0.3, 0.4) is 0 Å². The highest BCUT2D eigenvalue weighted by Crippen LogP contribution is 2.40. The SMILES string of the molecule is COC(=O)C1=C(C)NC(CF)=C(C(=O)OC2CCOCC2)C1c1cccc([N+](=O)[O-])c1. The number of alkyl halides is 1. The van der Waals surface area contributed by atoms with Crippen LogP contribution in [0.5, 0.6) is 0 Å². The Kier molecular flexibility index (Phi) is 7.01. The van der Waals surface area contributed by atoms with E-state index in [9.17, 15) is 24.1 Å². The predicted molar refractivity (Wildman–Crippen MR) is 107 cm³/mol. The summed E-state index contributed by atoms with van der Waals surface area (Å²) in [5, 5.41) is 14.0. The lowest BCUT2D eigenvalue weighted by Gasteiger charge is -2.31. The molecule has 31 heavy (non-hydrogen) atoms. The van der Waals surface area contributed by atoms with Gasteiger partial charge in [-0.25, -0.2) is 14.0 Å². The molecule has 0 spiro atoms. The minimum Gasteiger partial charge on any atom is -0.466 e. The Morgan fingerprint density at radius 3 is 2.58 bits per heavy atom. The quantitative estimate of drug-likeness (QED) is 0.413. The second-order valence-electron chi connectivity index (χ2n) is 7.18. The molecule has 1 aromatic carbocycles. The van der Waals surface area contributed by atoms with Crippen LogP contribution in [0, 0.1) is 10.1 Å². The second-order valence-corrected chi connectivity index (χ2v) is 7.18. The lowest BCUT2D eigenvalue weighted by molar-refractivity contribution is -0.384. The molecule has 2 aliphatic rings. The van der Waals surface area contributed by atoms with Gasteiger partial charge >= 0.3 is 11.9 Å². The van der Waals surface area contributed by atoms with E-state index in [1.165, 1.54) is 31.4 Å². The number of non-ortho nitro benzene ring substituents is 1. The molecule has 1 saturated heterocycles. The van der Waals surface area contributed by atoms with E-state index in [1.807, 2.05) is 0 Å². The first-order valence-electron chi connectivity index (χ1n) is 9.75. The van der Waals surface area contributed by atoms with Crippen molar-refractivity contribution in [1.82, 2.24) is 5.32 Å². The van der Waals surface area contributed by atoms with Gasteiger partial charge in [-0.1, -0.05) is 12.1 Å². The van der Waals surface area contributed by atoms with Gasteiger partial charge in [-0.2, -0.15) is 0 Å². The Balaban J connectivity index is 2.11. The maximum atomic E-state index is 14.0. The third-order valence-corrected chi connectivity index (χ3v) is 5.26. The number of carbonyl (C=O) groups excluding carboxylic acids is 2. The Morgan fingerprint density at radius 1 is 1.26 bits per heavy atom. The average Bonchev–Trinajstić information content (AvgIpc) is 2.78. The number of nitro groups is 1. The number of methoxy groups -OCH3 is 1. The molecule has 1 aromatic rings. The molecule has 0 bridgehead atoms. The summed E-state index contributed by atoms with van der Waals surface area (Å²) in [7, 11) is 1.18. The van der Waals surface area contributed by atoms with Gasteiger partial charge in [0.15, 0.2) is 0 Å². The molecule has 2 heterocycles. The Hall–Kier alpha value is -3.27. The van der Waals surface area contributed by atoms with Crippen molar-refractivity contribution in [1.29, 1.82) is 0 Å². The van der Waals surface area contributed by atoms with Crippen LogP contribution in [0.25, 0.3) is 0 Å². The lowest BCUT2D eigenvalue weighted by Crippen LogP contribution is -2.35. The fourth-order valence-electron chi connectivity index (χ4n) is 3.78. The summed E-state index contributed by atoms with van der Waals surface area (Å²) in [6.07, 6.45) is 0.587. The van der Waals surface area contributed by atoms with Crippen LogP contribution in [-0.2, 0) is 23.8 Å². The first-order chi connectivity index (χ1) is 14.9. The molecule has 0 amide bonds. The number of nitrogens with one attached hydrogen (secondary N) is 1. The second kappa shape index (κ2) is 9.69. The van der Waals surface area contributed by atoms with Crippen molar-refractivity contribution in [3.05, 3.63) is 62.5 Å². The molecule has 166 valence electrons. The lowest BCUT2D eigenvalue weighted by atomic mass is 9.80. The third kappa shape index (κ3) is 4.74. The van der Waals surface area contributed by atoms with Crippen molar-refractivity contribution in [2.45, 2.75) is 31.8 Å². The number of ether oxygens (including phenoxy) is 3.